The van der Waals surface area contributed by atoms with E-state index in [0.29, 0.717) is 13.0 Å². The van der Waals surface area contributed by atoms with Gasteiger partial charge in [-0.05, 0) is 33.6 Å². The van der Waals surface area contributed by atoms with Crippen LogP contribution in [0.1, 0.15) is 40.0 Å². The van der Waals surface area contributed by atoms with Gasteiger partial charge in [-0.3, -0.25) is 14.9 Å². The predicted octanol–water partition coefficient (Wildman–Crippen LogP) is 1.15. The van der Waals surface area contributed by atoms with Crippen LogP contribution in [0.25, 0.3) is 0 Å². The molecule has 2 amide bonds. The molecule has 0 bridgehead atoms. The SMILES string of the molecule is CC(C)(C)OC(=O)N1CCCC1C(CC(N)=O)C[N+](=O)[O-]. The number of carbonyl (C=O) groups is 2. The first-order valence-corrected chi connectivity index (χ1v) is 7.00. The van der Waals surface area contributed by atoms with Gasteiger partial charge in [0.25, 0.3) is 0 Å². The Bertz CT molecular complexity index is 403. The van der Waals surface area contributed by atoms with Crippen molar-refractivity contribution < 1.29 is 19.2 Å². The van der Waals surface area contributed by atoms with Crippen molar-refractivity contribution in [2.24, 2.45) is 11.7 Å². The lowest BCUT2D eigenvalue weighted by molar-refractivity contribution is -0.489. The van der Waals surface area contributed by atoms with Gasteiger partial charge in [0, 0.05) is 23.9 Å². The molecule has 2 unspecified atom stereocenters. The number of nitro groups is 1. The second kappa shape index (κ2) is 6.73. The van der Waals surface area contributed by atoms with Gasteiger partial charge in [-0.2, -0.15) is 0 Å². The van der Waals surface area contributed by atoms with Gasteiger partial charge < -0.3 is 15.4 Å². The van der Waals surface area contributed by atoms with Crippen LogP contribution in [0.2, 0.25) is 0 Å². The fourth-order valence-electron chi connectivity index (χ4n) is 2.60. The number of primary amides is 1. The van der Waals surface area contributed by atoms with Gasteiger partial charge in [0.15, 0.2) is 0 Å². The summed E-state index contributed by atoms with van der Waals surface area (Å²) in [6.07, 6.45) is 0.746. The molecule has 1 rings (SSSR count). The monoisotopic (exact) mass is 301 g/mol. The zero-order valence-electron chi connectivity index (χ0n) is 12.7. The molecule has 0 saturated carbocycles. The Morgan fingerprint density at radius 2 is 2.10 bits per heavy atom. The molecule has 0 aromatic carbocycles. The molecule has 0 spiro atoms. The minimum absolute atomic E-state index is 0.106. The van der Waals surface area contributed by atoms with E-state index in [4.69, 9.17) is 10.5 Å². The smallest absolute Gasteiger partial charge is 0.410 e. The van der Waals surface area contributed by atoms with Crippen LogP contribution < -0.4 is 5.73 Å². The van der Waals surface area contributed by atoms with Crippen LogP contribution in [0, 0.1) is 16.0 Å². The molecule has 1 aliphatic heterocycles. The highest BCUT2D eigenvalue weighted by molar-refractivity contribution is 5.74. The molecule has 2 atom stereocenters. The summed E-state index contributed by atoms with van der Waals surface area (Å²) in [6, 6.07) is -0.377. The second-order valence-corrected chi connectivity index (χ2v) is 6.33. The fourth-order valence-corrected chi connectivity index (χ4v) is 2.60. The maximum Gasteiger partial charge on any atom is 0.410 e. The lowest BCUT2D eigenvalue weighted by atomic mass is 9.94. The number of rotatable bonds is 5. The number of hydrogen-bond acceptors (Lipinski definition) is 5. The first-order chi connectivity index (χ1) is 9.60. The molecule has 1 saturated heterocycles. The van der Waals surface area contributed by atoms with Crippen molar-refractivity contribution in [3.63, 3.8) is 0 Å². The van der Waals surface area contributed by atoms with E-state index in [1.54, 1.807) is 20.8 Å². The molecule has 0 aromatic rings. The molecule has 1 fully saturated rings. The van der Waals surface area contributed by atoms with Crippen LogP contribution in [-0.4, -0.2) is 46.6 Å². The normalized spacial score (nSPS) is 20.1. The summed E-state index contributed by atoms with van der Waals surface area (Å²) >= 11 is 0. The van der Waals surface area contributed by atoms with Gasteiger partial charge in [-0.1, -0.05) is 0 Å². The van der Waals surface area contributed by atoms with Gasteiger partial charge in [0.2, 0.25) is 12.5 Å². The van der Waals surface area contributed by atoms with Crippen molar-refractivity contribution in [1.82, 2.24) is 4.90 Å². The van der Waals surface area contributed by atoms with Gasteiger partial charge in [0.05, 0.1) is 5.92 Å². The third-order valence-electron chi connectivity index (χ3n) is 3.32. The molecular formula is C13H23N3O5. The zero-order valence-corrected chi connectivity index (χ0v) is 12.7. The van der Waals surface area contributed by atoms with Gasteiger partial charge in [-0.25, -0.2) is 4.79 Å². The standard InChI is InChI=1S/C13H23N3O5/c1-13(2,3)21-12(18)15-6-4-5-10(15)9(7-11(14)17)8-16(19)20/h9-10H,4-8H2,1-3H3,(H2,14,17). The Morgan fingerprint density at radius 1 is 1.48 bits per heavy atom. The molecule has 2 N–H and O–H groups in total. The third-order valence-corrected chi connectivity index (χ3v) is 3.32. The molecule has 8 nitrogen and oxygen atoms in total. The fraction of sp³-hybridized carbons (Fsp3) is 0.846. The lowest BCUT2D eigenvalue weighted by Gasteiger charge is -2.31. The number of hydrogen-bond donors (Lipinski definition) is 1. The molecule has 21 heavy (non-hydrogen) atoms. The van der Waals surface area contributed by atoms with Crippen molar-refractivity contribution in [3.05, 3.63) is 10.1 Å². The van der Waals surface area contributed by atoms with Crippen LogP contribution in [0.3, 0.4) is 0 Å². The van der Waals surface area contributed by atoms with Crippen molar-refractivity contribution in [2.75, 3.05) is 13.1 Å². The van der Waals surface area contributed by atoms with E-state index >= 15 is 0 Å². The Kier molecular flexibility index (Phi) is 5.51. The van der Waals surface area contributed by atoms with E-state index in [-0.39, 0.29) is 19.0 Å². The molecule has 0 radical (unpaired) electrons. The molecule has 1 heterocycles. The van der Waals surface area contributed by atoms with E-state index < -0.39 is 28.4 Å². The van der Waals surface area contributed by atoms with E-state index in [1.165, 1.54) is 4.90 Å². The summed E-state index contributed by atoms with van der Waals surface area (Å²) in [5.74, 6) is -1.18. The van der Waals surface area contributed by atoms with Crippen molar-refractivity contribution in [1.29, 1.82) is 0 Å². The van der Waals surface area contributed by atoms with Crippen molar-refractivity contribution in [2.45, 2.75) is 51.7 Å². The summed E-state index contributed by atoms with van der Waals surface area (Å²) in [5, 5.41) is 10.8. The highest BCUT2D eigenvalue weighted by atomic mass is 16.6. The molecule has 0 aliphatic carbocycles. The predicted molar refractivity (Wildman–Crippen MR) is 75.1 cm³/mol. The summed E-state index contributed by atoms with van der Waals surface area (Å²) in [7, 11) is 0. The summed E-state index contributed by atoms with van der Waals surface area (Å²) in [5.41, 5.74) is 4.53. The van der Waals surface area contributed by atoms with Crippen LogP contribution in [0.4, 0.5) is 4.79 Å². The number of ether oxygens (including phenoxy) is 1. The van der Waals surface area contributed by atoms with Crippen molar-refractivity contribution in [3.8, 4) is 0 Å². The van der Waals surface area contributed by atoms with E-state index in [0.717, 1.165) is 6.42 Å². The topological polar surface area (TPSA) is 116 Å². The number of nitrogens with two attached hydrogens (primary N) is 1. The van der Waals surface area contributed by atoms with Gasteiger partial charge in [0.1, 0.15) is 5.60 Å². The lowest BCUT2D eigenvalue weighted by Crippen LogP contribution is -2.45. The summed E-state index contributed by atoms with van der Waals surface area (Å²) < 4.78 is 5.31. The van der Waals surface area contributed by atoms with Gasteiger partial charge >= 0.3 is 6.09 Å². The maximum absolute atomic E-state index is 12.2. The number of nitrogens with zero attached hydrogens (tertiary/aromatic N) is 2. The maximum atomic E-state index is 12.2. The zero-order chi connectivity index (χ0) is 16.2. The van der Waals surface area contributed by atoms with E-state index in [2.05, 4.69) is 0 Å². The molecule has 1 aliphatic rings. The minimum atomic E-state index is -0.632. The Balaban J connectivity index is 2.82. The average molecular weight is 301 g/mol. The number of carbonyl (C=O) groups excluding carboxylic acids is 2. The van der Waals surface area contributed by atoms with Crippen LogP contribution >= 0.6 is 0 Å². The molecular weight excluding hydrogens is 278 g/mol. The summed E-state index contributed by atoms with van der Waals surface area (Å²) in [6.45, 7) is 5.37. The Morgan fingerprint density at radius 3 is 2.57 bits per heavy atom. The third kappa shape index (κ3) is 5.57. The van der Waals surface area contributed by atoms with Crippen LogP contribution in [0.15, 0.2) is 0 Å². The first kappa shape index (κ1) is 17.2. The second-order valence-electron chi connectivity index (χ2n) is 6.33. The first-order valence-electron chi connectivity index (χ1n) is 7.00. The Hall–Kier alpha value is -1.86. The highest BCUT2D eigenvalue weighted by Gasteiger charge is 2.39. The van der Waals surface area contributed by atoms with Gasteiger partial charge in [-0.15, -0.1) is 0 Å². The number of amides is 2. The van der Waals surface area contributed by atoms with E-state index in [1.807, 2.05) is 0 Å². The highest BCUT2D eigenvalue weighted by Crippen LogP contribution is 2.28. The Labute approximate surface area is 123 Å². The molecule has 0 aromatic heterocycles. The molecule has 120 valence electrons. The minimum Gasteiger partial charge on any atom is -0.444 e. The molecule has 8 heteroatoms. The largest absolute Gasteiger partial charge is 0.444 e. The van der Waals surface area contributed by atoms with Crippen LogP contribution in [0.5, 0.6) is 0 Å². The average Bonchev–Trinajstić information content (AvgIpc) is 2.72. The van der Waals surface area contributed by atoms with Crippen molar-refractivity contribution >= 4 is 12.0 Å². The van der Waals surface area contributed by atoms with Crippen LogP contribution in [-0.2, 0) is 9.53 Å². The van der Waals surface area contributed by atoms with E-state index in [9.17, 15) is 19.7 Å². The quantitative estimate of drug-likeness (QED) is 0.604. The summed E-state index contributed by atoms with van der Waals surface area (Å²) in [4.78, 5) is 35.1. The number of likely N-dealkylation sites (tertiary alicyclic amines) is 1.